The van der Waals surface area contributed by atoms with Crippen molar-refractivity contribution < 1.29 is 9.02 Å². The first kappa shape index (κ1) is 14.5. The Morgan fingerprint density at radius 3 is 3.12 bits per heavy atom. The van der Waals surface area contributed by atoms with E-state index in [4.69, 9.17) is 4.63 Å². The van der Waals surface area contributed by atoms with Crippen molar-refractivity contribution in [1.82, 2.24) is 25.2 Å². The average molecular weight is 337 g/mol. The fraction of sp³-hybridized carbons (Fsp3) is 0.278. The predicted molar refractivity (Wildman–Crippen MR) is 90.2 cm³/mol. The van der Waals surface area contributed by atoms with E-state index in [0.29, 0.717) is 0 Å². The van der Waals surface area contributed by atoms with Crippen LogP contribution in [0.5, 0.6) is 0 Å². The fourth-order valence-electron chi connectivity index (χ4n) is 3.69. The zero-order valence-electron chi connectivity index (χ0n) is 13.4. The summed E-state index contributed by atoms with van der Waals surface area (Å²) in [4.78, 5) is 10.3. The van der Waals surface area contributed by atoms with Crippen molar-refractivity contribution in [2.45, 2.75) is 25.4 Å². The Balaban J connectivity index is 1.47. The molecule has 1 aliphatic rings. The number of benzene rings is 2. The van der Waals surface area contributed by atoms with Gasteiger partial charge in [0.05, 0.1) is 17.1 Å². The lowest BCUT2D eigenvalue weighted by Gasteiger charge is -2.22. The molecule has 0 aliphatic carbocycles. The van der Waals surface area contributed by atoms with Crippen molar-refractivity contribution in [3.05, 3.63) is 53.6 Å². The molecule has 1 atom stereocenters. The highest BCUT2D eigenvalue weighted by molar-refractivity contribution is 5.77. The predicted octanol–water partition coefficient (Wildman–Crippen LogP) is 3.58. The Morgan fingerprint density at radius 2 is 2.16 bits per heavy atom. The molecule has 0 bridgehead atoms. The number of nitrogens with zero attached hydrogens (tertiary/aromatic N) is 4. The molecule has 0 spiro atoms. The van der Waals surface area contributed by atoms with Gasteiger partial charge in [0, 0.05) is 6.54 Å². The summed E-state index contributed by atoms with van der Waals surface area (Å²) >= 11 is 0. The van der Waals surface area contributed by atoms with Gasteiger partial charge in [-0.15, -0.1) is 0 Å². The number of H-pyrrole nitrogens is 1. The molecule has 1 fully saturated rings. The molecular weight excluding hydrogens is 321 g/mol. The number of likely N-dealkylation sites (tertiary alicyclic amines) is 1. The molecule has 126 valence electrons. The number of halogens is 1. The number of hydrogen-bond acceptors (Lipinski definition) is 5. The third-order valence-corrected chi connectivity index (χ3v) is 4.88. The van der Waals surface area contributed by atoms with Crippen LogP contribution >= 0.6 is 0 Å². The van der Waals surface area contributed by atoms with E-state index in [1.807, 2.05) is 12.1 Å². The van der Waals surface area contributed by atoms with Crippen LogP contribution < -0.4 is 0 Å². The van der Waals surface area contributed by atoms with Crippen LogP contribution in [0.15, 0.2) is 41.0 Å². The number of nitrogens with one attached hydrogen (secondary N) is 1. The van der Waals surface area contributed by atoms with Gasteiger partial charge in [-0.3, -0.25) is 4.90 Å². The summed E-state index contributed by atoms with van der Waals surface area (Å²) in [5.74, 6) is 0.639. The van der Waals surface area contributed by atoms with Gasteiger partial charge in [-0.05, 0) is 59.5 Å². The molecule has 1 saturated heterocycles. The van der Waals surface area contributed by atoms with Crippen LogP contribution in [0.25, 0.3) is 22.1 Å². The van der Waals surface area contributed by atoms with Crippen LogP contribution in [0, 0.1) is 5.82 Å². The SMILES string of the molecule is Fc1ccc2nc([C@@H]3CCCN3Cc3cccc4nonc34)[nH]c2c1. The summed E-state index contributed by atoms with van der Waals surface area (Å²) in [5, 5.41) is 7.93. The van der Waals surface area contributed by atoms with E-state index in [2.05, 4.69) is 31.2 Å². The van der Waals surface area contributed by atoms with Gasteiger partial charge in [-0.25, -0.2) is 14.0 Å². The summed E-state index contributed by atoms with van der Waals surface area (Å²) in [7, 11) is 0. The van der Waals surface area contributed by atoms with Crippen LogP contribution in [-0.2, 0) is 6.54 Å². The monoisotopic (exact) mass is 337 g/mol. The van der Waals surface area contributed by atoms with Crippen molar-refractivity contribution in [3.63, 3.8) is 0 Å². The fourth-order valence-corrected chi connectivity index (χ4v) is 3.69. The molecule has 1 aliphatic heterocycles. The second-order valence-electron chi connectivity index (χ2n) is 6.46. The first-order chi connectivity index (χ1) is 12.3. The molecule has 6 nitrogen and oxygen atoms in total. The van der Waals surface area contributed by atoms with Crippen molar-refractivity contribution in [1.29, 1.82) is 0 Å². The number of rotatable bonds is 3. The molecule has 0 unspecified atom stereocenters. The van der Waals surface area contributed by atoms with Gasteiger partial charge < -0.3 is 4.98 Å². The zero-order chi connectivity index (χ0) is 16.8. The van der Waals surface area contributed by atoms with Crippen LogP contribution in [0.2, 0.25) is 0 Å². The summed E-state index contributed by atoms with van der Waals surface area (Å²) in [6, 6.07) is 10.7. The maximum atomic E-state index is 13.4. The zero-order valence-corrected chi connectivity index (χ0v) is 13.4. The van der Waals surface area contributed by atoms with Crippen LogP contribution in [0.1, 0.15) is 30.3 Å². The Bertz CT molecular complexity index is 1060. The van der Waals surface area contributed by atoms with E-state index in [1.54, 1.807) is 6.07 Å². The molecule has 3 heterocycles. The third-order valence-electron chi connectivity index (χ3n) is 4.88. The largest absolute Gasteiger partial charge is 0.341 e. The quantitative estimate of drug-likeness (QED) is 0.619. The van der Waals surface area contributed by atoms with Gasteiger partial charge >= 0.3 is 0 Å². The highest BCUT2D eigenvalue weighted by Crippen LogP contribution is 2.33. The molecule has 25 heavy (non-hydrogen) atoms. The highest BCUT2D eigenvalue weighted by atomic mass is 19.1. The second-order valence-corrected chi connectivity index (χ2v) is 6.46. The highest BCUT2D eigenvalue weighted by Gasteiger charge is 2.29. The van der Waals surface area contributed by atoms with Gasteiger partial charge in [-0.1, -0.05) is 12.1 Å². The Morgan fingerprint density at radius 1 is 1.20 bits per heavy atom. The van der Waals surface area contributed by atoms with Crippen molar-refractivity contribution >= 4 is 22.1 Å². The minimum Gasteiger partial charge on any atom is -0.341 e. The third kappa shape index (κ3) is 2.47. The van der Waals surface area contributed by atoms with E-state index in [0.717, 1.165) is 59.4 Å². The lowest BCUT2D eigenvalue weighted by atomic mass is 10.1. The Labute approximate surface area is 142 Å². The first-order valence-electron chi connectivity index (χ1n) is 8.37. The van der Waals surface area contributed by atoms with Crippen molar-refractivity contribution in [2.24, 2.45) is 0 Å². The Hall–Kier alpha value is -2.80. The number of aromatic nitrogens is 4. The maximum absolute atomic E-state index is 13.4. The molecule has 2 aromatic heterocycles. The molecule has 5 rings (SSSR count). The van der Waals surface area contributed by atoms with Gasteiger partial charge in [0.25, 0.3) is 0 Å². The van der Waals surface area contributed by atoms with Gasteiger partial charge in [0.2, 0.25) is 0 Å². The van der Waals surface area contributed by atoms with Crippen LogP contribution in [0.3, 0.4) is 0 Å². The Kier molecular flexibility index (Phi) is 3.27. The summed E-state index contributed by atoms with van der Waals surface area (Å²) in [6.45, 7) is 1.74. The van der Waals surface area contributed by atoms with Crippen LogP contribution in [-0.4, -0.2) is 31.7 Å². The minimum atomic E-state index is -0.254. The number of fused-ring (bicyclic) bond motifs is 2. The van der Waals surface area contributed by atoms with Crippen molar-refractivity contribution in [3.8, 4) is 0 Å². The minimum absolute atomic E-state index is 0.186. The molecule has 0 amide bonds. The lowest BCUT2D eigenvalue weighted by Crippen LogP contribution is -2.23. The van der Waals surface area contributed by atoms with E-state index in [-0.39, 0.29) is 11.9 Å². The van der Waals surface area contributed by atoms with E-state index >= 15 is 0 Å². The smallest absolute Gasteiger partial charge is 0.139 e. The molecular formula is C18H16FN5O. The molecule has 0 radical (unpaired) electrons. The second kappa shape index (κ2) is 5.63. The topological polar surface area (TPSA) is 70.8 Å². The maximum Gasteiger partial charge on any atom is 0.139 e. The summed E-state index contributed by atoms with van der Waals surface area (Å²) < 4.78 is 18.3. The standard InChI is InChI=1S/C18H16FN5O/c19-12-6-7-13-15(9-12)21-18(20-13)16-5-2-8-24(16)10-11-3-1-4-14-17(11)23-25-22-14/h1,3-4,6-7,9,16H,2,5,8,10H2,(H,20,21)/t16-/m0/s1. The van der Waals surface area contributed by atoms with Crippen LogP contribution in [0.4, 0.5) is 4.39 Å². The number of aromatic amines is 1. The number of imidazole rings is 1. The van der Waals surface area contributed by atoms with Gasteiger partial charge in [0.1, 0.15) is 22.7 Å². The van der Waals surface area contributed by atoms with E-state index in [9.17, 15) is 4.39 Å². The van der Waals surface area contributed by atoms with Crippen molar-refractivity contribution in [2.75, 3.05) is 6.54 Å². The normalized spacial score (nSPS) is 18.5. The van der Waals surface area contributed by atoms with Gasteiger partial charge in [0.15, 0.2) is 0 Å². The average Bonchev–Trinajstić information content (AvgIpc) is 3.33. The lowest BCUT2D eigenvalue weighted by molar-refractivity contribution is 0.241. The first-order valence-corrected chi connectivity index (χ1v) is 8.37. The summed E-state index contributed by atoms with van der Waals surface area (Å²) in [5.41, 5.74) is 4.20. The van der Waals surface area contributed by atoms with E-state index < -0.39 is 0 Å². The molecule has 2 aromatic carbocycles. The van der Waals surface area contributed by atoms with E-state index in [1.165, 1.54) is 12.1 Å². The molecule has 1 N–H and O–H groups in total. The van der Waals surface area contributed by atoms with Gasteiger partial charge in [-0.2, -0.15) is 0 Å². The molecule has 0 saturated carbocycles. The molecule has 7 heteroatoms. The number of hydrogen-bond donors (Lipinski definition) is 1. The molecule has 4 aromatic rings. The summed E-state index contributed by atoms with van der Waals surface area (Å²) in [6.07, 6.45) is 2.12.